The Morgan fingerprint density at radius 2 is 1.81 bits per heavy atom. The lowest BCUT2D eigenvalue weighted by Gasteiger charge is -2.60. The fourth-order valence-corrected chi connectivity index (χ4v) is 11.6. The predicted molar refractivity (Wildman–Crippen MR) is 193 cm³/mol. The van der Waals surface area contributed by atoms with Gasteiger partial charge in [0.1, 0.15) is 12.4 Å². The van der Waals surface area contributed by atoms with E-state index in [1.807, 2.05) is 13.8 Å². The third-order valence-corrected chi connectivity index (χ3v) is 13.7. The highest BCUT2D eigenvalue weighted by Gasteiger charge is 2.59. The van der Waals surface area contributed by atoms with E-state index in [1.165, 1.54) is 14.0 Å². The molecule has 0 radical (unpaired) electrons. The maximum atomic E-state index is 14.7. The molecule has 3 aromatic rings. The predicted octanol–water partition coefficient (Wildman–Crippen LogP) is 4.09. The first-order chi connectivity index (χ1) is 25.5. The van der Waals surface area contributed by atoms with Gasteiger partial charge in [-0.2, -0.15) is 0 Å². The number of esters is 2. The van der Waals surface area contributed by atoms with Gasteiger partial charge in [-0.25, -0.2) is 4.79 Å². The number of phenols is 2. The summed E-state index contributed by atoms with van der Waals surface area (Å²) in [4.78, 5) is 32.3. The van der Waals surface area contributed by atoms with Gasteiger partial charge >= 0.3 is 11.9 Å². The zero-order chi connectivity index (χ0) is 37.1. The van der Waals surface area contributed by atoms with E-state index >= 15 is 0 Å². The summed E-state index contributed by atoms with van der Waals surface area (Å²) in [5.74, 6) is 1.66. The number of thioether (sulfide) groups is 1. The van der Waals surface area contributed by atoms with E-state index in [2.05, 4.69) is 28.2 Å². The van der Waals surface area contributed by atoms with Gasteiger partial charge in [0.15, 0.2) is 40.0 Å². The molecule has 4 bridgehead atoms. The normalized spacial score (nSPS) is 28.3. The third kappa shape index (κ3) is 4.81. The van der Waals surface area contributed by atoms with Gasteiger partial charge in [0, 0.05) is 60.1 Å². The molecule has 0 saturated carbocycles. The van der Waals surface area contributed by atoms with Crippen LogP contribution < -0.4 is 29.0 Å². The van der Waals surface area contributed by atoms with Crippen LogP contribution >= 0.6 is 11.8 Å². The Morgan fingerprint density at radius 1 is 1.02 bits per heavy atom. The van der Waals surface area contributed by atoms with Crippen molar-refractivity contribution in [1.82, 2.24) is 15.1 Å². The van der Waals surface area contributed by atoms with Crippen LogP contribution in [0.15, 0.2) is 18.2 Å². The van der Waals surface area contributed by atoms with Gasteiger partial charge in [-0.3, -0.25) is 19.9 Å². The average molecular weight is 746 g/mol. The van der Waals surface area contributed by atoms with E-state index in [4.69, 9.17) is 28.4 Å². The van der Waals surface area contributed by atoms with Gasteiger partial charge in [0.2, 0.25) is 6.79 Å². The molecule has 280 valence electrons. The number of likely N-dealkylation sites (N-methyl/N-ethyl adjacent to an activating group) is 1. The zero-order valence-corrected chi connectivity index (χ0v) is 31.3. The van der Waals surface area contributed by atoms with Crippen molar-refractivity contribution in [2.24, 2.45) is 0 Å². The lowest BCUT2D eigenvalue weighted by molar-refractivity contribution is -0.156. The second-order valence-corrected chi connectivity index (χ2v) is 16.0. The van der Waals surface area contributed by atoms with Crippen LogP contribution in [0.3, 0.4) is 0 Å². The molecule has 14 heteroatoms. The monoisotopic (exact) mass is 745 g/mol. The second kappa shape index (κ2) is 12.3. The number of rotatable bonds is 3. The number of carbonyl (C=O) groups excluding carboxylic acids is 2. The van der Waals surface area contributed by atoms with Crippen LogP contribution in [0.25, 0.3) is 0 Å². The minimum atomic E-state index is -1.29. The number of carbonyl (C=O) groups is 2. The minimum Gasteiger partial charge on any atom is -0.504 e. The molecule has 0 amide bonds. The molecule has 7 heterocycles. The van der Waals surface area contributed by atoms with Crippen molar-refractivity contribution in [1.29, 1.82) is 0 Å². The number of nitrogens with zero attached hydrogens (tertiary/aromatic N) is 2. The van der Waals surface area contributed by atoms with Crippen LogP contribution in [0.2, 0.25) is 0 Å². The smallest absolute Gasteiger partial charge is 0.331 e. The number of aryl methyl sites for hydroxylation is 1. The van der Waals surface area contributed by atoms with Gasteiger partial charge in [0.05, 0.1) is 31.6 Å². The molecule has 3 N–H and O–H groups in total. The van der Waals surface area contributed by atoms with E-state index in [1.54, 1.807) is 31.0 Å². The molecule has 3 aromatic carbocycles. The van der Waals surface area contributed by atoms with Gasteiger partial charge in [-0.15, -0.1) is 11.8 Å². The molecule has 2 unspecified atom stereocenters. The van der Waals surface area contributed by atoms with Crippen LogP contribution in [0.1, 0.15) is 68.8 Å². The summed E-state index contributed by atoms with van der Waals surface area (Å²) < 4.78 is 36.2. The number of aromatic hydroxyl groups is 2. The molecule has 53 heavy (non-hydrogen) atoms. The number of phenolic OH excluding ortho intramolecular Hbond substituents is 2. The molecule has 6 atom stereocenters. The molecule has 0 aromatic heterocycles. The quantitative estimate of drug-likeness (QED) is 0.261. The first-order valence-corrected chi connectivity index (χ1v) is 19.0. The van der Waals surface area contributed by atoms with E-state index in [9.17, 15) is 19.8 Å². The van der Waals surface area contributed by atoms with Crippen LogP contribution in [-0.4, -0.2) is 97.5 Å². The van der Waals surface area contributed by atoms with Crippen molar-refractivity contribution >= 4 is 23.7 Å². The standard InChI is InChI=1S/C39H43N3O10S/c1-17-9-21-10-22-13-42-24-14-49-38(46)39(23-12-26(47-5)25(44)11-20(23)7-8-40-39)15-53-37(31(42)30(41(22)4)27(21)32(45)33(17)48-6)29-28(24)36-35(50-16-51-36)18(2)34(29)52-19(3)43/h9,11-12,22,24,30-31,37,40,44-45H,7-8,10,13-16H2,1-6H3/t22-,24-,30?,31?,37+,39+/m0/s1. The summed E-state index contributed by atoms with van der Waals surface area (Å²) in [5, 5.41) is 25.8. The first-order valence-electron chi connectivity index (χ1n) is 17.9. The number of hydrogen-bond acceptors (Lipinski definition) is 14. The lowest BCUT2D eigenvalue weighted by Crippen LogP contribution is -2.65. The molecule has 10 rings (SSSR count). The number of benzene rings is 3. The summed E-state index contributed by atoms with van der Waals surface area (Å²) >= 11 is 1.58. The number of nitrogens with one attached hydrogen (secondary N) is 1. The topological polar surface area (TPSA) is 148 Å². The Bertz CT molecular complexity index is 2090. The summed E-state index contributed by atoms with van der Waals surface area (Å²) in [5.41, 5.74) is 5.22. The number of methoxy groups -OCH3 is 2. The Morgan fingerprint density at radius 3 is 2.57 bits per heavy atom. The molecular formula is C39H43N3O10S. The highest BCUT2D eigenvalue weighted by atomic mass is 32.2. The molecule has 2 fully saturated rings. The van der Waals surface area contributed by atoms with Gasteiger partial charge in [-0.05, 0) is 68.1 Å². The van der Waals surface area contributed by atoms with E-state index in [0.717, 1.165) is 33.4 Å². The fraction of sp³-hybridized carbons (Fsp3) is 0.487. The lowest BCUT2D eigenvalue weighted by atomic mass is 9.73. The van der Waals surface area contributed by atoms with E-state index in [0.29, 0.717) is 60.1 Å². The van der Waals surface area contributed by atoms with E-state index < -0.39 is 28.8 Å². The average Bonchev–Trinajstić information content (AvgIpc) is 3.61. The van der Waals surface area contributed by atoms with Gasteiger partial charge < -0.3 is 38.6 Å². The van der Waals surface area contributed by atoms with Crippen LogP contribution in [0.4, 0.5) is 0 Å². The molecule has 7 aliphatic heterocycles. The minimum absolute atomic E-state index is 0.00613. The van der Waals surface area contributed by atoms with Crippen molar-refractivity contribution in [2.45, 2.75) is 68.6 Å². The molecule has 0 aliphatic carbocycles. The summed E-state index contributed by atoms with van der Waals surface area (Å²) in [7, 11) is 5.17. The number of ether oxygens (including phenoxy) is 6. The zero-order valence-electron chi connectivity index (χ0n) is 30.5. The molecule has 13 nitrogen and oxygen atoms in total. The van der Waals surface area contributed by atoms with Crippen molar-refractivity contribution in [3.63, 3.8) is 0 Å². The highest BCUT2D eigenvalue weighted by molar-refractivity contribution is 7.99. The third-order valence-electron chi connectivity index (χ3n) is 12.2. The Kier molecular flexibility index (Phi) is 8.01. The molecule has 7 aliphatic rings. The highest BCUT2D eigenvalue weighted by Crippen LogP contribution is 2.63. The van der Waals surface area contributed by atoms with Crippen molar-refractivity contribution in [3.8, 4) is 40.2 Å². The first kappa shape index (κ1) is 34.4. The van der Waals surface area contributed by atoms with Crippen molar-refractivity contribution in [2.75, 3.05) is 53.5 Å². The van der Waals surface area contributed by atoms with Gasteiger partial charge in [-0.1, -0.05) is 6.07 Å². The molecular weight excluding hydrogens is 703 g/mol. The summed E-state index contributed by atoms with van der Waals surface area (Å²) in [6.07, 6.45) is 1.31. The van der Waals surface area contributed by atoms with Crippen molar-refractivity contribution in [3.05, 3.63) is 62.7 Å². The van der Waals surface area contributed by atoms with Crippen LogP contribution in [-0.2, 0) is 32.7 Å². The second-order valence-electron chi connectivity index (χ2n) is 14.9. The van der Waals surface area contributed by atoms with Crippen LogP contribution in [0.5, 0.6) is 40.2 Å². The maximum Gasteiger partial charge on any atom is 0.331 e. The summed E-state index contributed by atoms with van der Waals surface area (Å²) in [6.45, 7) is 6.33. The largest absolute Gasteiger partial charge is 0.504 e. The Balaban J connectivity index is 1.30. The van der Waals surface area contributed by atoms with Gasteiger partial charge in [0.25, 0.3) is 0 Å². The van der Waals surface area contributed by atoms with Crippen molar-refractivity contribution < 1.29 is 48.2 Å². The fourth-order valence-electron chi connectivity index (χ4n) is 9.92. The van der Waals surface area contributed by atoms with E-state index in [-0.39, 0.29) is 54.5 Å². The number of piperazine rings is 1. The maximum absolute atomic E-state index is 14.7. The molecule has 1 spiro atoms. The molecule has 2 saturated heterocycles. The SMILES string of the molecule is COc1cc2c(cc1O)CCN[C@]21CS[C@@H]2c3c(OC(C)=O)c(C)c4c(c3[C@H](COC1=O)N1C[C@@H]3Cc5cc(C)c(OC)c(O)c5C(C21)N3C)OCO4. The summed E-state index contributed by atoms with van der Waals surface area (Å²) in [6, 6.07) is 4.51. The number of fused-ring (bicyclic) bond motifs is 9. The van der Waals surface area contributed by atoms with Crippen LogP contribution in [0, 0.1) is 13.8 Å². The Hall–Kier alpha value is -4.37. The Labute approximate surface area is 311 Å². The number of hydrogen-bond donors (Lipinski definition) is 3.